The number of carboxylic acids is 1. The van der Waals surface area contributed by atoms with Gasteiger partial charge in [0.15, 0.2) is 0 Å². The summed E-state index contributed by atoms with van der Waals surface area (Å²) in [6.07, 6.45) is 1.36. The van der Waals surface area contributed by atoms with Gasteiger partial charge >= 0.3 is 5.97 Å². The largest absolute Gasteiger partial charge is 0.507 e. The van der Waals surface area contributed by atoms with Crippen LogP contribution in [0.2, 0.25) is 0 Å². The monoisotopic (exact) mass is 253 g/mol. The summed E-state index contributed by atoms with van der Waals surface area (Å²) in [5.41, 5.74) is -0.153. The third-order valence-corrected chi connectivity index (χ3v) is 2.15. The lowest BCUT2D eigenvalue weighted by molar-refractivity contribution is -0.137. The van der Waals surface area contributed by atoms with Gasteiger partial charge in [0, 0.05) is 12.6 Å². The molecule has 1 aromatic rings. The molecule has 0 spiro atoms. The minimum absolute atomic E-state index is 0.0158. The van der Waals surface area contributed by atoms with Crippen LogP contribution in [0.4, 0.5) is 4.39 Å². The molecule has 2 N–H and O–H groups in total. The average Bonchev–Trinajstić information content (AvgIpc) is 2.27. The van der Waals surface area contributed by atoms with Crippen molar-refractivity contribution in [2.45, 2.75) is 0 Å². The highest BCUT2D eigenvalue weighted by Crippen LogP contribution is 2.19. The van der Waals surface area contributed by atoms with E-state index in [2.05, 4.69) is 6.58 Å². The van der Waals surface area contributed by atoms with Crippen molar-refractivity contribution >= 4 is 11.9 Å². The maximum atomic E-state index is 12.8. The van der Waals surface area contributed by atoms with E-state index in [1.165, 1.54) is 6.08 Å². The number of carbonyl (C=O) groups is 2. The number of carboxylic acid groups (broad SMARTS) is 1. The molecular weight excluding hydrogens is 241 g/mol. The molecule has 0 fully saturated rings. The third kappa shape index (κ3) is 3.31. The van der Waals surface area contributed by atoms with Gasteiger partial charge in [0.05, 0.1) is 5.56 Å². The van der Waals surface area contributed by atoms with Crippen molar-refractivity contribution < 1.29 is 24.2 Å². The Morgan fingerprint density at radius 3 is 2.61 bits per heavy atom. The van der Waals surface area contributed by atoms with Gasteiger partial charge in [-0.25, -0.2) is 4.39 Å². The van der Waals surface area contributed by atoms with Gasteiger partial charge in [-0.15, -0.1) is 6.58 Å². The molecule has 0 saturated heterocycles. The summed E-state index contributed by atoms with van der Waals surface area (Å²) in [5.74, 6) is -3.10. The Hall–Kier alpha value is -2.37. The SMILES string of the molecule is C=CCN(CC(=O)O)C(=O)c1ccc(F)cc1O. The maximum Gasteiger partial charge on any atom is 0.323 e. The van der Waals surface area contributed by atoms with E-state index in [4.69, 9.17) is 5.11 Å². The third-order valence-electron chi connectivity index (χ3n) is 2.15. The van der Waals surface area contributed by atoms with Crippen LogP contribution in [-0.2, 0) is 4.79 Å². The predicted molar refractivity (Wildman–Crippen MR) is 61.8 cm³/mol. The summed E-state index contributed by atoms with van der Waals surface area (Å²) in [6, 6.07) is 2.91. The highest BCUT2D eigenvalue weighted by Gasteiger charge is 2.20. The van der Waals surface area contributed by atoms with Gasteiger partial charge in [-0.1, -0.05) is 6.08 Å². The molecule has 0 aromatic heterocycles. The van der Waals surface area contributed by atoms with Crippen molar-refractivity contribution in [3.8, 4) is 5.75 Å². The molecule has 1 rings (SSSR count). The Morgan fingerprint density at radius 2 is 2.11 bits per heavy atom. The van der Waals surface area contributed by atoms with E-state index in [1.807, 2.05) is 0 Å². The quantitative estimate of drug-likeness (QED) is 0.774. The summed E-state index contributed by atoms with van der Waals surface area (Å²) in [4.78, 5) is 23.5. The van der Waals surface area contributed by atoms with Gasteiger partial charge in [-0.2, -0.15) is 0 Å². The van der Waals surface area contributed by atoms with Crippen molar-refractivity contribution in [1.29, 1.82) is 0 Å². The topological polar surface area (TPSA) is 77.8 Å². The van der Waals surface area contributed by atoms with E-state index in [1.54, 1.807) is 0 Å². The lowest BCUT2D eigenvalue weighted by Crippen LogP contribution is -2.35. The number of amides is 1. The van der Waals surface area contributed by atoms with Crippen molar-refractivity contribution in [2.24, 2.45) is 0 Å². The zero-order valence-electron chi connectivity index (χ0n) is 9.47. The number of nitrogens with zero attached hydrogens (tertiary/aromatic N) is 1. The molecule has 0 aliphatic carbocycles. The molecular formula is C12H12FNO4. The van der Waals surface area contributed by atoms with Crippen molar-refractivity contribution in [2.75, 3.05) is 13.1 Å². The van der Waals surface area contributed by atoms with Crippen LogP contribution in [0.3, 0.4) is 0 Å². The first kappa shape index (κ1) is 13.7. The van der Waals surface area contributed by atoms with E-state index >= 15 is 0 Å². The standard InChI is InChI=1S/C12H12FNO4/c1-2-5-14(7-11(16)17)12(18)9-4-3-8(13)6-10(9)15/h2-4,6,15H,1,5,7H2,(H,16,17). The summed E-state index contributed by atoms with van der Waals surface area (Å²) >= 11 is 0. The summed E-state index contributed by atoms with van der Waals surface area (Å²) in [6.45, 7) is 2.90. The van der Waals surface area contributed by atoms with E-state index < -0.39 is 30.0 Å². The minimum atomic E-state index is -1.19. The number of hydrogen-bond acceptors (Lipinski definition) is 3. The van der Waals surface area contributed by atoms with Crippen molar-refractivity contribution in [3.63, 3.8) is 0 Å². The molecule has 1 amide bonds. The fraction of sp³-hybridized carbons (Fsp3) is 0.167. The van der Waals surface area contributed by atoms with Gasteiger partial charge in [-0.3, -0.25) is 9.59 Å². The zero-order valence-corrected chi connectivity index (χ0v) is 9.47. The molecule has 0 heterocycles. The number of phenolic OH excluding ortho intramolecular Hbond substituents is 1. The highest BCUT2D eigenvalue weighted by molar-refractivity contribution is 5.98. The van der Waals surface area contributed by atoms with Gasteiger partial charge in [0.1, 0.15) is 18.1 Å². The summed E-state index contributed by atoms with van der Waals surface area (Å²) in [5, 5.41) is 18.1. The number of hydrogen-bond donors (Lipinski definition) is 2. The maximum absolute atomic E-state index is 12.8. The van der Waals surface area contributed by atoms with E-state index in [0.29, 0.717) is 0 Å². The van der Waals surface area contributed by atoms with E-state index in [0.717, 1.165) is 23.1 Å². The number of benzene rings is 1. The summed E-state index contributed by atoms with van der Waals surface area (Å²) in [7, 11) is 0. The number of carbonyl (C=O) groups excluding carboxylic acids is 1. The molecule has 0 saturated carbocycles. The van der Waals surface area contributed by atoms with Gasteiger partial charge in [-0.05, 0) is 12.1 Å². The normalized spacial score (nSPS) is 9.83. The van der Waals surface area contributed by atoms with Gasteiger partial charge in [0.25, 0.3) is 5.91 Å². The number of aromatic hydroxyl groups is 1. The fourth-order valence-electron chi connectivity index (χ4n) is 1.39. The Balaban J connectivity index is 3.01. The van der Waals surface area contributed by atoms with Gasteiger partial charge < -0.3 is 15.1 Å². The van der Waals surface area contributed by atoms with Crippen LogP contribution in [0.15, 0.2) is 30.9 Å². The smallest absolute Gasteiger partial charge is 0.323 e. The van der Waals surface area contributed by atoms with Crippen LogP contribution in [-0.4, -0.2) is 40.1 Å². The van der Waals surface area contributed by atoms with Gasteiger partial charge in [0.2, 0.25) is 0 Å². The van der Waals surface area contributed by atoms with Crippen LogP contribution in [0.25, 0.3) is 0 Å². The molecule has 0 unspecified atom stereocenters. The molecule has 0 aliphatic heterocycles. The second-order valence-electron chi connectivity index (χ2n) is 3.53. The lowest BCUT2D eigenvalue weighted by Gasteiger charge is -2.19. The second kappa shape index (κ2) is 5.81. The molecule has 0 aliphatic rings. The first-order valence-electron chi connectivity index (χ1n) is 5.06. The summed E-state index contributed by atoms with van der Waals surface area (Å²) < 4.78 is 12.8. The predicted octanol–water partition coefficient (Wildman–Crippen LogP) is 1.24. The lowest BCUT2D eigenvalue weighted by atomic mass is 10.1. The Labute approximate surface area is 103 Å². The average molecular weight is 253 g/mol. The van der Waals surface area contributed by atoms with Crippen molar-refractivity contribution in [1.82, 2.24) is 4.90 Å². The Bertz CT molecular complexity index is 487. The number of aliphatic carboxylic acids is 1. The molecule has 0 radical (unpaired) electrons. The Kier molecular flexibility index (Phi) is 4.42. The number of rotatable bonds is 5. The fourth-order valence-corrected chi connectivity index (χ4v) is 1.39. The molecule has 18 heavy (non-hydrogen) atoms. The number of halogens is 1. The first-order valence-corrected chi connectivity index (χ1v) is 5.06. The zero-order chi connectivity index (χ0) is 13.7. The second-order valence-corrected chi connectivity index (χ2v) is 3.53. The van der Waals surface area contributed by atoms with Crippen LogP contribution < -0.4 is 0 Å². The van der Waals surface area contributed by atoms with Crippen LogP contribution >= 0.6 is 0 Å². The molecule has 5 nitrogen and oxygen atoms in total. The molecule has 0 bridgehead atoms. The molecule has 0 atom stereocenters. The Morgan fingerprint density at radius 1 is 1.44 bits per heavy atom. The van der Waals surface area contributed by atoms with Crippen molar-refractivity contribution in [3.05, 3.63) is 42.2 Å². The minimum Gasteiger partial charge on any atom is -0.507 e. The van der Waals surface area contributed by atoms with Crippen LogP contribution in [0.1, 0.15) is 10.4 Å². The molecule has 96 valence electrons. The van der Waals surface area contributed by atoms with Crippen LogP contribution in [0.5, 0.6) is 5.75 Å². The highest BCUT2D eigenvalue weighted by atomic mass is 19.1. The van der Waals surface area contributed by atoms with E-state index in [-0.39, 0.29) is 12.1 Å². The molecule has 1 aromatic carbocycles. The van der Waals surface area contributed by atoms with E-state index in [9.17, 15) is 19.1 Å². The molecule has 6 heteroatoms. The van der Waals surface area contributed by atoms with Crippen LogP contribution in [0, 0.1) is 5.82 Å². The first-order chi connectivity index (χ1) is 8.45. The number of phenols is 1.